The summed E-state index contributed by atoms with van der Waals surface area (Å²) in [6.45, 7) is 4.16. The predicted octanol–water partition coefficient (Wildman–Crippen LogP) is 4.27. The van der Waals surface area contributed by atoms with Crippen LogP contribution in [0.3, 0.4) is 0 Å². The maximum Gasteiger partial charge on any atom is 0.513 e. The second kappa shape index (κ2) is 7.50. The van der Waals surface area contributed by atoms with Crippen LogP contribution in [-0.2, 0) is 11.2 Å². The topological polar surface area (TPSA) is 55.8 Å². The molecule has 4 nitrogen and oxygen atoms in total. The molecule has 0 aliphatic carbocycles. The van der Waals surface area contributed by atoms with Crippen molar-refractivity contribution >= 4 is 6.16 Å². The van der Waals surface area contributed by atoms with Crippen LogP contribution in [0.25, 0.3) is 0 Å². The van der Waals surface area contributed by atoms with E-state index in [9.17, 15) is 9.90 Å². The van der Waals surface area contributed by atoms with Gasteiger partial charge in [-0.2, -0.15) is 0 Å². The molecule has 0 saturated heterocycles. The first-order chi connectivity index (χ1) is 10.6. The van der Waals surface area contributed by atoms with Gasteiger partial charge in [-0.15, -0.1) is 0 Å². The first kappa shape index (κ1) is 15.9. The zero-order valence-corrected chi connectivity index (χ0v) is 12.8. The molecule has 1 N–H and O–H groups in total. The van der Waals surface area contributed by atoms with Crippen molar-refractivity contribution in [1.82, 2.24) is 0 Å². The van der Waals surface area contributed by atoms with Crippen molar-refractivity contribution in [1.29, 1.82) is 0 Å². The van der Waals surface area contributed by atoms with Gasteiger partial charge in [-0.25, -0.2) is 4.79 Å². The SMILES string of the molecule is CCOC(=O)Oc1ccc(CC(C)c2ccc(O)cc2)cc1. The highest BCUT2D eigenvalue weighted by atomic mass is 16.7. The van der Waals surface area contributed by atoms with Crippen molar-refractivity contribution in [2.75, 3.05) is 6.61 Å². The number of phenols is 1. The second-order valence-corrected chi connectivity index (χ2v) is 5.13. The molecule has 2 rings (SSSR count). The molecule has 0 fully saturated rings. The molecule has 1 atom stereocenters. The van der Waals surface area contributed by atoms with Crippen LogP contribution in [-0.4, -0.2) is 17.9 Å². The number of carbonyl (C=O) groups is 1. The number of benzene rings is 2. The van der Waals surface area contributed by atoms with Crippen molar-refractivity contribution in [3.05, 3.63) is 59.7 Å². The molecule has 0 saturated carbocycles. The molecule has 0 aromatic heterocycles. The Morgan fingerprint density at radius 3 is 2.32 bits per heavy atom. The highest BCUT2D eigenvalue weighted by molar-refractivity contribution is 5.63. The fourth-order valence-corrected chi connectivity index (χ4v) is 2.21. The summed E-state index contributed by atoms with van der Waals surface area (Å²) >= 11 is 0. The van der Waals surface area contributed by atoms with E-state index in [4.69, 9.17) is 9.47 Å². The van der Waals surface area contributed by atoms with Gasteiger partial charge in [0.25, 0.3) is 0 Å². The maximum absolute atomic E-state index is 11.2. The lowest BCUT2D eigenvalue weighted by molar-refractivity contribution is 0.104. The molecular weight excluding hydrogens is 280 g/mol. The molecule has 116 valence electrons. The minimum Gasteiger partial charge on any atom is -0.508 e. The minimum absolute atomic E-state index is 0.274. The summed E-state index contributed by atoms with van der Waals surface area (Å²) in [5.74, 6) is 1.08. The van der Waals surface area contributed by atoms with E-state index in [-0.39, 0.29) is 5.75 Å². The van der Waals surface area contributed by atoms with Gasteiger partial charge in [-0.05, 0) is 54.7 Å². The Bertz CT molecular complexity index is 602. The van der Waals surface area contributed by atoms with Crippen molar-refractivity contribution in [2.24, 2.45) is 0 Å². The summed E-state index contributed by atoms with van der Waals surface area (Å²) in [5, 5.41) is 9.32. The van der Waals surface area contributed by atoms with Crippen LogP contribution in [0.1, 0.15) is 30.9 Å². The van der Waals surface area contributed by atoms with E-state index in [1.54, 1.807) is 31.2 Å². The monoisotopic (exact) mass is 300 g/mol. The van der Waals surface area contributed by atoms with Crippen LogP contribution >= 0.6 is 0 Å². The fourth-order valence-electron chi connectivity index (χ4n) is 2.21. The molecule has 22 heavy (non-hydrogen) atoms. The van der Waals surface area contributed by atoms with Gasteiger partial charge >= 0.3 is 6.16 Å². The molecule has 0 radical (unpaired) electrons. The summed E-state index contributed by atoms with van der Waals surface area (Å²) in [7, 11) is 0. The Morgan fingerprint density at radius 1 is 1.09 bits per heavy atom. The number of phenolic OH excluding ortho intramolecular Hbond substituents is 1. The van der Waals surface area contributed by atoms with Gasteiger partial charge in [0.2, 0.25) is 0 Å². The number of ether oxygens (including phenoxy) is 2. The number of hydrogen-bond acceptors (Lipinski definition) is 4. The van der Waals surface area contributed by atoms with Crippen molar-refractivity contribution in [3.8, 4) is 11.5 Å². The van der Waals surface area contributed by atoms with Gasteiger partial charge in [-0.1, -0.05) is 31.2 Å². The van der Waals surface area contributed by atoms with E-state index in [1.807, 2.05) is 24.3 Å². The molecule has 0 aliphatic rings. The number of aromatic hydroxyl groups is 1. The average Bonchev–Trinajstić information content (AvgIpc) is 2.50. The average molecular weight is 300 g/mol. The maximum atomic E-state index is 11.2. The lowest BCUT2D eigenvalue weighted by atomic mass is 9.94. The third-order valence-corrected chi connectivity index (χ3v) is 3.39. The zero-order chi connectivity index (χ0) is 15.9. The van der Waals surface area contributed by atoms with E-state index in [0.29, 0.717) is 18.3 Å². The van der Waals surface area contributed by atoms with E-state index in [1.165, 1.54) is 5.56 Å². The summed E-state index contributed by atoms with van der Waals surface area (Å²) < 4.78 is 9.75. The van der Waals surface area contributed by atoms with E-state index < -0.39 is 6.16 Å². The van der Waals surface area contributed by atoms with Crippen LogP contribution in [0.5, 0.6) is 11.5 Å². The smallest absolute Gasteiger partial charge is 0.508 e. The molecule has 0 aliphatic heterocycles. The van der Waals surface area contributed by atoms with Gasteiger partial charge in [0, 0.05) is 0 Å². The Labute approximate surface area is 130 Å². The zero-order valence-electron chi connectivity index (χ0n) is 12.8. The largest absolute Gasteiger partial charge is 0.513 e. The van der Waals surface area contributed by atoms with Crippen molar-refractivity contribution < 1.29 is 19.4 Å². The Kier molecular flexibility index (Phi) is 5.42. The molecule has 0 heterocycles. The second-order valence-electron chi connectivity index (χ2n) is 5.13. The molecule has 0 spiro atoms. The van der Waals surface area contributed by atoms with Gasteiger partial charge in [0.1, 0.15) is 11.5 Å². The van der Waals surface area contributed by atoms with Crippen molar-refractivity contribution in [2.45, 2.75) is 26.2 Å². The standard InChI is InChI=1S/C18H20O4/c1-3-21-18(20)22-17-10-4-14(5-11-17)12-13(2)15-6-8-16(19)9-7-15/h4-11,13,19H,3,12H2,1-2H3. The first-order valence-corrected chi connectivity index (χ1v) is 7.31. The highest BCUT2D eigenvalue weighted by Gasteiger charge is 2.08. The molecule has 2 aromatic carbocycles. The highest BCUT2D eigenvalue weighted by Crippen LogP contribution is 2.23. The molecular formula is C18H20O4. The van der Waals surface area contributed by atoms with Gasteiger partial charge < -0.3 is 14.6 Å². The molecule has 0 bridgehead atoms. The van der Waals surface area contributed by atoms with Crippen molar-refractivity contribution in [3.63, 3.8) is 0 Å². The molecule has 2 aromatic rings. The first-order valence-electron chi connectivity index (χ1n) is 7.31. The third kappa shape index (κ3) is 4.52. The molecule has 0 amide bonds. The van der Waals surface area contributed by atoms with Gasteiger partial charge in [0.15, 0.2) is 0 Å². The normalized spacial score (nSPS) is 11.7. The summed E-state index contributed by atoms with van der Waals surface area (Å²) in [6, 6.07) is 14.6. The van der Waals surface area contributed by atoms with Crippen LogP contribution in [0, 0.1) is 0 Å². The van der Waals surface area contributed by atoms with E-state index in [2.05, 4.69) is 6.92 Å². The molecule has 4 heteroatoms. The van der Waals surface area contributed by atoms with Crippen LogP contribution < -0.4 is 4.74 Å². The Morgan fingerprint density at radius 2 is 1.73 bits per heavy atom. The Balaban J connectivity index is 1.95. The third-order valence-electron chi connectivity index (χ3n) is 3.39. The number of rotatable bonds is 5. The number of hydrogen-bond donors (Lipinski definition) is 1. The predicted molar refractivity (Wildman–Crippen MR) is 84.3 cm³/mol. The van der Waals surface area contributed by atoms with Crippen LogP contribution in [0.2, 0.25) is 0 Å². The summed E-state index contributed by atoms with van der Waals surface area (Å²) in [6.07, 6.45) is 0.178. The van der Waals surface area contributed by atoms with E-state index in [0.717, 1.165) is 12.0 Å². The summed E-state index contributed by atoms with van der Waals surface area (Å²) in [5.41, 5.74) is 2.32. The van der Waals surface area contributed by atoms with E-state index >= 15 is 0 Å². The Hall–Kier alpha value is -2.49. The summed E-state index contributed by atoms with van der Waals surface area (Å²) in [4.78, 5) is 11.2. The number of carbonyl (C=O) groups excluding carboxylic acids is 1. The van der Waals surface area contributed by atoms with Gasteiger partial charge in [0.05, 0.1) is 6.61 Å². The van der Waals surface area contributed by atoms with Crippen LogP contribution in [0.15, 0.2) is 48.5 Å². The quantitative estimate of drug-likeness (QED) is 0.661. The van der Waals surface area contributed by atoms with Crippen LogP contribution in [0.4, 0.5) is 4.79 Å². The molecule has 1 unspecified atom stereocenters. The minimum atomic E-state index is -0.687. The lowest BCUT2D eigenvalue weighted by Gasteiger charge is -2.12. The lowest BCUT2D eigenvalue weighted by Crippen LogP contribution is -2.10. The van der Waals surface area contributed by atoms with Gasteiger partial charge in [-0.3, -0.25) is 0 Å². The fraction of sp³-hybridized carbons (Fsp3) is 0.278.